The highest BCUT2D eigenvalue weighted by Crippen LogP contribution is 2.24. The average molecular weight is 291 g/mol. The van der Waals surface area contributed by atoms with Gasteiger partial charge in [0.1, 0.15) is 17.4 Å². The normalized spacial score (nSPS) is 10.8. The van der Waals surface area contributed by atoms with Gasteiger partial charge in [-0.2, -0.15) is 0 Å². The molecule has 20 heavy (non-hydrogen) atoms. The van der Waals surface area contributed by atoms with Crippen molar-refractivity contribution in [2.24, 2.45) is 0 Å². The number of aliphatic hydroxyl groups is 1. The second-order valence-corrected chi connectivity index (χ2v) is 6.11. The summed E-state index contributed by atoms with van der Waals surface area (Å²) in [5, 5.41) is 10.3. The maximum absolute atomic E-state index is 9.35. The monoisotopic (exact) mass is 291 g/mol. The number of aromatic nitrogens is 1. The Bertz CT molecular complexity index is 578. The molecule has 2 aromatic rings. The van der Waals surface area contributed by atoms with Crippen LogP contribution in [-0.2, 0) is 19.6 Å². The van der Waals surface area contributed by atoms with Crippen LogP contribution in [0.3, 0.4) is 0 Å². The summed E-state index contributed by atoms with van der Waals surface area (Å²) < 4.78 is 5.86. The highest BCUT2D eigenvalue weighted by Gasteiger charge is 2.10. The Kier molecular flexibility index (Phi) is 5.15. The first-order valence-corrected chi connectivity index (χ1v) is 7.74. The Hall–Kier alpha value is -1.39. The molecule has 0 saturated carbocycles. The van der Waals surface area contributed by atoms with Gasteiger partial charge in [-0.1, -0.05) is 25.5 Å². The largest absolute Gasteiger partial charge is 0.486 e. The summed E-state index contributed by atoms with van der Waals surface area (Å²) in [7, 11) is 0. The van der Waals surface area contributed by atoms with Gasteiger partial charge in [0.25, 0.3) is 0 Å². The van der Waals surface area contributed by atoms with Crippen LogP contribution in [0.1, 0.15) is 40.1 Å². The van der Waals surface area contributed by atoms with Gasteiger partial charge in [-0.25, -0.2) is 4.98 Å². The average Bonchev–Trinajstić information content (AvgIpc) is 2.82. The molecule has 0 spiro atoms. The molecule has 0 aliphatic carbocycles. The minimum Gasteiger partial charge on any atom is -0.486 e. The fourth-order valence-electron chi connectivity index (χ4n) is 2.06. The standard InChI is InChI=1S/C16H21NO2S/c1-4-5-13-15(9-18)20-16(17-13)10-19-14-8-11(2)6-7-12(14)3/h6-8,18H,4-5,9-10H2,1-3H3. The van der Waals surface area contributed by atoms with Crippen LogP contribution in [-0.4, -0.2) is 10.1 Å². The third-order valence-corrected chi connectivity index (χ3v) is 4.20. The molecule has 0 aliphatic rings. The van der Waals surface area contributed by atoms with Crippen LogP contribution in [0.5, 0.6) is 5.75 Å². The molecule has 0 atom stereocenters. The lowest BCUT2D eigenvalue weighted by molar-refractivity contribution is 0.284. The predicted molar refractivity (Wildman–Crippen MR) is 82.3 cm³/mol. The summed E-state index contributed by atoms with van der Waals surface area (Å²) in [6.45, 7) is 6.74. The third kappa shape index (κ3) is 3.58. The number of rotatable bonds is 6. The highest BCUT2D eigenvalue weighted by molar-refractivity contribution is 7.11. The molecule has 0 radical (unpaired) electrons. The van der Waals surface area contributed by atoms with E-state index in [0.29, 0.717) is 6.61 Å². The van der Waals surface area contributed by atoms with Crippen LogP contribution in [0, 0.1) is 13.8 Å². The van der Waals surface area contributed by atoms with E-state index in [1.54, 1.807) is 11.3 Å². The maximum Gasteiger partial charge on any atom is 0.140 e. The number of aryl methyl sites for hydroxylation is 3. The van der Waals surface area contributed by atoms with Crippen molar-refractivity contribution in [3.05, 3.63) is 44.9 Å². The summed E-state index contributed by atoms with van der Waals surface area (Å²) in [5.41, 5.74) is 3.33. The van der Waals surface area contributed by atoms with E-state index in [1.807, 2.05) is 13.0 Å². The lowest BCUT2D eigenvalue weighted by Gasteiger charge is -2.08. The summed E-state index contributed by atoms with van der Waals surface area (Å²) in [4.78, 5) is 5.54. The number of thiazole rings is 1. The van der Waals surface area contributed by atoms with Crippen molar-refractivity contribution in [3.8, 4) is 5.75 Å². The van der Waals surface area contributed by atoms with E-state index < -0.39 is 0 Å². The van der Waals surface area contributed by atoms with Crippen molar-refractivity contribution in [2.45, 2.75) is 46.8 Å². The van der Waals surface area contributed by atoms with Gasteiger partial charge in [0.05, 0.1) is 17.2 Å². The van der Waals surface area contributed by atoms with Gasteiger partial charge in [0, 0.05) is 0 Å². The second-order valence-electron chi connectivity index (χ2n) is 4.94. The minimum absolute atomic E-state index is 0.0659. The topological polar surface area (TPSA) is 42.4 Å². The summed E-state index contributed by atoms with van der Waals surface area (Å²) in [6.07, 6.45) is 1.95. The van der Waals surface area contributed by atoms with Gasteiger partial charge in [-0.05, 0) is 37.5 Å². The van der Waals surface area contributed by atoms with Crippen molar-refractivity contribution >= 4 is 11.3 Å². The highest BCUT2D eigenvalue weighted by atomic mass is 32.1. The fourth-order valence-corrected chi connectivity index (χ4v) is 2.94. The summed E-state index contributed by atoms with van der Waals surface area (Å²) >= 11 is 1.54. The molecule has 0 fully saturated rings. The zero-order valence-electron chi connectivity index (χ0n) is 12.3. The molecule has 3 nitrogen and oxygen atoms in total. The van der Waals surface area contributed by atoms with E-state index in [2.05, 4.69) is 31.0 Å². The molecular weight excluding hydrogens is 270 g/mol. The molecule has 1 heterocycles. The van der Waals surface area contributed by atoms with Crippen molar-refractivity contribution in [1.82, 2.24) is 4.98 Å². The van der Waals surface area contributed by atoms with Gasteiger partial charge in [-0.15, -0.1) is 11.3 Å². The summed E-state index contributed by atoms with van der Waals surface area (Å²) in [6, 6.07) is 6.19. The molecule has 1 aromatic carbocycles. The Morgan fingerprint density at radius 2 is 2.10 bits per heavy atom. The van der Waals surface area contributed by atoms with Crippen LogP contribution >= 0.6 is 11.3 Å². The minimum atomic E-state index is 0.0659. The van der Waals surface area contributed by atoms with Gasteiger partial charge in [0.2, 0.25) is 0 Å². The van der Waals surface area contributed by atoms with E-state index >= 15 is 0 Å². The quantitative estimate of drug-likeness (QED) is 0.880. The lowest BCUT2D eigenvalue weighted by atomic mass is 10.1. The van der Waals surface area contributed by atoms with Crippen LogP contribution in [0.15, 0.2) is 18.2 Å². The Morgan fingerprint density at radius 1 is 1.30 bits per heavy atom. The number of hydrogen-bond acceptors (Lipinski definition) is 4. The van der Waals surface area contributed by atoms with Gasteiger partial charge < -0.3 is 9.84 Å². The van der Waals surface area contributed by atoms with Crippen molar-refractivity contribution in [3.63, 3.8) is 0 Å². The zero-order valence-corrected chi connectivity index (χ0v) is 13.1. The second kappa shape index (κ2) is 6.86. The van der Waals surface area contributed by atoms with Crippen molar-refractivity contribution < 1.29 is 9.84 Å². The molecular formula is C16H21NO2S. The predicted octanol–water partition coefficient (Wildman–Crippen LogP) is 3.78. The van der Waals surface area contributed by atoms with Gasteiger partial charge in [0.15, 0.2) is 0 Å². The molecule has 0 saturated heterocycles. The molecule has 0 bridgehead atoms. The molecule has 2 rings (SSSR count). The van der Waals surface area contributed by atoms with Crippen molar-refractivity contribution in [1.29, 1.82) is 0 Å². The van der Waals surface area contributed by atoms with Crippen molar-refractivity contribution in [2.75, 3.05) is 0 Å². The molecule has 4 heteroatoms. The number of benzene rings is 1. The van der Waals surface area contributed by atoms with E-state index in [9.17, 15) is 5.11 Å². The lowest BCUT2D eigenvalue weighted by Crippen LogP contribution is -1.97. The zero-order chi connectivity index (χ0) is 14.5. The van der Waals surface area contributed by atoms with E-state index in [4.69, 9.17) is 4.74 Å². The van der Waals surface area contributed by atoms with Crippen LogP contribution in [0.25, 0.3) is 0 Å². The number of nitrogens with zero attached hydrogens (tertiary/aromatic N) is 1. The molecule has 0 amide bonds. The SMILES string of the molecule is CCCc1nc(COc2cc(C)ccc2C)sc1CO. The van der Waals surface area contributed by atoms with Crippen LogP contribution < -0.4 is 4.74 Å². The Labute approximate surface area is 124 Å². The molecule has 0 unspecified atom stereocenters. The summed E-state index contributed by atoms with van der Waals surface area (Å²) in [5.74, 6) is 0.905. The Balaban J connectivity index is 2.08. The van der Waals surface area contributed by atoms with Crippen LogP contribution in [0.4, 0.5) is 0 Å². The first-order valence-electron chi connectivity index (χ1n) is 6.92. The van der Waals surface area contributed by atoms with Gasteiger partial charge in [-0.3, -0.25) is 0 Å². The molecule has 1 aromatic heterocycles. The van der Waals surface area contributed by atoms with Gasteiger partial charge >= 0.3 is 0 Å². The smallest absolute Gasteiger partial charge is 0.140 e. The fraction of sp³-hybridized carbons (Fsp3) is 0.438. The third-order valence-electron chi connectivity index (χ3n) is 3.15. The number of aliphatic hydroxyl groups excluding tert-OH is 1. The van der Waals surface area contributed by atoms with E-state index in [0.717, 1.165) is 39.7 Å². The molecule has 1 N–H and O–H groups in total. The van der Waals surface area contributed by atoms with E-state index in [-0.39, 0.29) is 6.61 Å². The Morgan fingerprint density at radius 3 is 2.80 bits per heavy atom. The molecule has 0 aliphatic heterocycles. The first-order chi connectivity index (χ1) is 9.63. The number of ether oxygens (including phenoxy) is 1. The van der Waals surface area contributed by atoms with E-state index in [1.165, 1.54) is 5.56 Å². The van der Waals surface area contributed by atoms with Crippen LogP contribution in [0.2, 0.25) is 0 Å². The molecule has 108 valence electrons. The maximum atomic E-state index is 9.35. The number of hydrogen-bond donors (Lipinski definition) is 1. The first kappa shape index (κ1) is 15.0.